The summed E-state index contributed by atoms with van der Waals surface area (Å²) in [6.07, 6.45) is 2.86. The zero-order valence-electron chi connectivity index (χ0n) is 10.9. The van der Waals surface area contributed by atoms with Gasteiger partial charge in [-0.25, -0.2) is 9.97 Å². The van der Waals surface area contributed by atoms with Crippen molar-refractivity contribution < 1.29 is 4.74 Å². The zero-order valence-corrected chi connectivity index (χ0v) is 10.9. The highest BCUT2D eigenvalue weighted by molar-refractivity contribution is 5.88. The van der Waals surface area contributed by atoms with Crippen molar-refractivity contribution in [2.45, 2.75) is 26.4 Å². The van der Waals surface area contributed by atoms with Crippen LogP contribution in [0.15, 0.2) is 30.6 Å². The van der Waals surface area contributed by atoms with Crippen molar-refractivity contribution in [2.75, 3.05) is 18.5 Å². The Kier molecular flexibility index (Phi) is 4.47. The number of hydrogen-bond donors (Lipinski definition) is 1. The van der Waals surface area contributed by atoms with Crippen molar-refractivity contribution >= 4 is 16.7 Å². The van der Waals surface area contributed by atoms with Crippen molar-refractivity contribution in [2.24, 2.45) is 0 Å². The van der Waals surface area contributed by atoms with Crippen LogP contribution in [0.4, 0.5) is 5.82 Å². The van der Waals surface area contributed by atoms with Crippen molar-refractivity contribution in [1.82, 2.24) is 9.97 Å². The number of ether oxygens (including phenoxy) is 1. The van der Waals surface area contributed by atoms with Crippen LogP contribution >= 0.6 is 0 Å². The van der Waals surface area contributed by atoms with Gasteiger partial charge < -0.3 is 10.1 Å². The van der Waals surface area contributed by atoms with Gasteiger partial charge in [0, 0.05) is 18.5 Å². The Bertz CT molecular complexity index is 494. The highest BCUT2D eigenvalue weighted by Crippen LogP contribution is 2.17. The lowest BCUT2D eigenvalue weighted by molar-refractivity contribution is 0.0787. The first kappa shape index (κ1) is 12.8. The van der Waals surface area contributed by atoms with Gasteiger partial charge in [-0.1, -0.05) is 12.1 Å². The topological polar surface area (TPSA) is 47.0 Å². The number of anilines is 1. The van der Waals surface area contributed by atoms with E-state index in [1.807, 2.05) is 38.1 Å². The Balaban J connectivity index is 1.91. The van der Waals surface area contributed by atoms with Crippen LogP contribution in [0.5, 0.6) is 0 Å². The van der Waals surface area contributed by atoms with Gasteiger partial charge in [-0.15, -0.1) is 0 Å². The quantitative estimate of drug-likeness (QED) is 0.795. The van der Waals surface area contributed by atoms with E-state index in [0.29, 0.717) is 6.10 Å². The number of hydrogen-bond acceptors (Lipinski definition) is 4. The van der Waals surface area contributed by atoms with Crippen molar-refractivity contribution in [1.29, 1.82) is 0 Å². The second kappa shape index (κ2) is 6.31. The number of rotatable bonds is 6. The van der Waals surface area contributed by atoms with Crippen LogP contribution in [0.1, 0.15) is 20.3 Å². The average molecular weight is 245 g/mol. The first-order valence-electron chi connectivity index (χ1n) is 6.32. The molecule has 0 saturated carbocycles. The van der Waals surface area contributed by atoms with Gasteiger partial charge >= 0.3 is 0 Å². The lowest BCUT2D eigenvalue weighted by atomic mass is 10.2. The van der Waals surface area contributed by atoms with E-state index < -0.39 is 0 Å². The number of nitrogens with one attached hydrogen (secondary N) is 1. The van der Waals surface area contributed by atoms with Crippen LogP contribution in [0.3, 0.4) is 0 Å². The average Bonchev–Trinajstić information content (AvgIpc) is 2.38. The van der Waals surface area contributed by atoms with Crippen LogP contribution in [-0.2, 0) is 4.74 Å². The molecule has 0 fully saturated rings. The van der Waals surface area contributed by atoms with E-state index in [2.05, 4.69) is 15.3 Å². The SMILES string of the molecule is CC(C)OCCCNc1ncnc2ccccc12. The molecule has 1 heterocycles. The van der Waals surface area contributed by atoms with Crippen molar-refractivity contribution in [3.05, 3.63) is 30.6 Å². The summed E-state index contributed by atoms with van der Waals surface area (Å²) in [4.78, 5) is 8.51. The van der Waals surface area contributed by atoms with Crippen LogP contribution in [0.25, 0.3) is 10.9 Å². The van der Waals surface area contributed by atoms with E-state index in [1.165, 1.54) is 0 Å². The van der Waals surface area contributed by atoms with E-state index in [9.17, 15) is 0 Å². The summed E-state index contributed by atoms with van der Waals surface area (Å²) in [5.74, 6) is 0.894. The molecule has 0 amide bonds. The maximum Gasteiger partial charge on any atom is 0.137 e. The fourth-order valence-corrected chi connectivity index (χ4v) is 1.74. The summed E-state index contributed by atoms with van der Waals surface area (Å²) in [7, 11) is 0. The highest BCUT2D eigenvalue weighted by Gasteiger charge is 2.01. The van der Waals surface area contributed by atoms with Gasteiger partial charge in [-0.3, -0.25) is 0 Å². The Hall–Kier alpha value is -1.68. The van der Waals surface area contributed by atoms with Gasteiger partial charge in [0.2, 0.25) is 0 Å². The second-order valence-corrected chi connectivity index (χ2v) is 4.44. The first-order chi connectivity index (χ1) is 8.77. The molecule has 0 spiro atoms. The number of nitrogens with zero attached hydrogens (tertiary/aromatic N) is 2. The van der Waals surface area contributed by atoms with Crippen LogP contribution in [0, 0.1) is 0 Å². The third kappa shape index (κ3) is 3.40. The second-order valence-electron chi connectivity index (χ2n) is 4.44. The van der Waals surface area contributed by atoms with E-state index in [1.54, 1.807) is 6.33 Å². The summed E-state index contributed by atoms with van der Waals surface area (Å²) in [6, 6.07) is 8.00. The Morgan fingerprint density at radius 3 is 2.89 bits per heavy atom. The van der Waals surface area contributed by atoms with Gasteiger partial charge in [-0.05, 0) is 32.4 Å². The molecule has 4 heteroatoms. The minimum absolute atomic E-state index is 0.296. The Morgan fingerprint density at radius 2 is 2.06 bits per heavy atom. The highest BCUT2D eigenvalue weighted by atomic mass is 16.5. The largest absolute Gasteiger partial charge is 0.379 e. The monoisotopic (exact) mass is 245 g/mol. The molecule has 0 aliphatic rings. The third-order valence-electron chi connectivity index (χ3n) is 2.61. The van der Waals surface area contributed by atoms with Gasteiger partial charge in [0.05, 0.1) is 11.6 Å². The lowest BCUT2D eigenvalue weighted by Gasteiger charge is -2.09. The molecule has 1 N–H and O–H groups in total. The fraction of sp³-hybridized carbons (Fsp3) is 0.429. The standard InChI is InChI=1S/C14H19N3O/c1-11(2)18-9-5-8-15-14-12-6-3-4-7-13(12)16-10-17-14/h3-4,6-7,10-11H,5,8-9H2,1-2H3,(H,15,16,17). The maximum absolute atomic E-state index is 5.49. The Morgan fingerprint density at radius 1 is 1.22 bits per heavy atom. The van der Waals surface area contributed by atoms with Gasteiger partial charge in [0.1, 0.15) is 12.1 Å². The first-order valence-corrected chi connectivity index (χ1v) is 6.32. The summed E-state index contributed by atoms with van der Waals surface area (Å²) in [5.41, 5.74) is 0.966. The predicted octanol–water partition coefficient (Wildman–Crippen LogP) is 2.86. The molecule has 0 saturated heterocycles. The van der Waals surface area contributed by atoms with E-state index in [-0.39, 0.29) is 0 Å². The molecule has 0 atom stereocenters. The molecule has 96 valence electrons. The fourth-order valence-electron chi connectivity index (χ4n) is 1.74. The molecule has 4 nitrogen and oxygen atoms in total. The van der Waals surface area contributed by atoms with Crippen LogP contribution < -0.4 is 5.32 Å². The molecule has 18 heavy (non-hydrogen) atoms. The molecular formula is C14H19N3O. The van der Waals surface area contributed by atoms with Gasteiger partial charge in [0.15, 0.2) is 0 Å². The molecule has 1 aromatic heterocycles. The molecule has 0 aliphatic heterocycles. The predicted molar refractivity (Wildman–Crippen MR) is 73.7 cm³/mol. The molecule has 2 aromatic rings. The molecule has 1 aromatic carbocycles. The smallest absolute Gasteiger partial charge is 0.137 e. The zero-order chi connectivity index (χ0) is 12.8. The third-order valence-corrected chi connectivity index (χ3v) is 2.61. The number of para-hydroxylation sites is 1. The van der Waals surface area contributed by atoms with E-state index in [0.717, 1.165) is 36.3 Å². The summed E-state index contributed by atoms with van der Waals surface area (Å²) in [6.45, 7) is 5.72. The summed E-state index contributed by atoms with van der Waals surface area (Å²) >= 11 is 0. The number of fused-ring (bicyclic) bond motifs is 1. The minimum atomic E-state index is 0.296. The van der Waals surface area contributed by atoms with Gasteiger partial charge in [-0.2, -0.15) is 0 Å². The van der Waals surface area contributed by atoms with Crippen LogP contribution in [-0.4, -0.2) is 29.2 Å². The van der Waals surface area contributed by atoms with Crippen LogP contribution in [0.2, 0.25) is 0 Å². The van der Waals surface area contributed by atoms with E-state index >= 15 is 0 Å². The minimum Gasteiger partial charge on any atom is -0.379 e. The van der Waals surface area contributed by atoms with Gasteiger partial charge in [0.25, 0.3) is 0 Å². The van der Waals surface area contributed by atoms with Crippen molar-refractivity contribution in [3.8, 4) is 0 Å². The van der Waals surface area contributed by atoms with E-state index in [4.69, 9.17) is 4.74 Å². The summed E-state index contributed by atoms with van der Waals surface area (Å²) < 4.78 is 5.49. The number of benzene rings is 1. The normalized spacial score (nSPS) is 11.1. The number of aromatic nitrogens is 2. The lowest BCUT2D eigenvalue weighted by Crippen LogP contribution is -2.10. The molecule has 2 rings (SSSR count). The summed E-state index contributed by atoms with van der Waals surface area (Å²) in [5, 5.41) is 4.39. The Labute approximate surface area is 107 Å². The molecular weight excluding hydrogens is 226 g/mol. The maximum atomic E-state index is 5.49. The molecule has 0 bridgehead atoms. The molecule has 0 unspecified atom stereocenters. The molecule has 0 aliphatic carbocycles. The van der Waals surface area contributed by atoms with Crippen molar-refractivity contribution in [3.63, 3.8) is 0 Å². The molecule has 0 radical (unpaired) electrons.